The highest BCUT2D eigenvalue weighted by Crippen LogP contribution is 2.42. The summed E-state index contributed by atoms with van der Waals surface area (Å²) in [6, 6.07) is 1.58. The molecule has 0 bridgehead atoms. The monoisotopic (exact) mass is 163 g/mol. The van der Waals surface area contributed by atoms with Gasteiger partial charge in [0.1, 0.15) is 0 Å². The van der Waals surface area contributed by atoms with Gasteiger partial charge in [-0.05, 0) is 32.7 Å². The largest absolute Gasteiger partial charge is 0.293 e. The third kappa shape index (κ3) is 1.13. The minimum absolute atomic E-state index is 0.753. The molecular weight excluding hydrogens is 146 g/mol. The van der Waals surface area contributed by atoms with E-state index in [-0.39, 0.29) is 0 Å². The molecule has 12 heavy (non-hydrogen) atoms. The zero-order chi connectivity index (χ0) is 8.72. The van der Waals surface area contributed by atoms with Gasteiger partial charge in [-0.2, -0.15) is 0 Å². The van der Waals surface area contributed by atoms with E-state index < -0.39 is 0 Å². The fourth-order valence-corrected chi connectivity index (χ4v) is 2.55. The Kier molecular flexibility index (Phi) is 1.84. The Hall–Kier alpha value is -0.560. The molecule has 4 atom stereocenters. The Morgan fingerprint density at radius 1 is 1.75 bits per heavy atom. The molecule has 1 saturated heterocycles. The summed E-state index contributed by atoms with van der Waals surface area (Å²) in [5, 5.41) is 0. The van der Waals surface area contributed by atoms with Crippen LogP contribution in [0.3, 0.4) is 0 Å². The topological polar surface area (TPSA) is 3.01 Å². The number of fused-ring (bicyclic) bond motifs is 1. The molecule has 1 heterocycles. The van der Waals surface area contributed by atoms with Crippen LogP contribution >= 0.6 is 0 Å². The van der Waals surface area contributed by atoms with E-state index in [0.717, 1.165) is 18.0 Å². The van der Waals surface area contributed by atoms with E-state index in [1.807, 2.05) is 0 Å². The number of nitrogens with zero attached hydrogens (tertiary/aromatic N) is 1. The van der Waals surface area contributed by atoms with Crippen molar-refractivity contribution >= 4 is 0 Å². The molecular formula is C11H17N. The number of hydrogen-bond donors (Lipinski definition) is 0. The Labute approximate surface area is 74.8 Å². The van der Waals surface area contributed by atoms with Crippen molar-refractivity contribution in [2.24, 2.45) is 5.92 Å². The molecule has 0 aromatic heterocycles. The lowest BCUT2D eigenvalue weighted by Crippen LogP contribution is -2.15. The molecule has 1 unspecified atom stereocenters. The summed E-state index contributed by atoms with van der Waals surface area (Å²) in [7, 11) is 2.22. The van der Waals surface area contributed by atoms with Gasteiger partial charge in [-0.1, -0.05) is 17.7 Å². The molecule has 1 fully saturated rings. The lowest BCUT2D eigenvalue weighted by Gasteiger charge is -2.17. The fourth-order valence-electron chi connectivity index (χ4n) is 2.55. The molecule has 0 aromatic rings. The summed E-state index contributed by atoms with van der Waals surface area (Å²) in [5.74, 6) is 0.836. The van der Waals surface area contributed by atoms with Crippen molar-refractivity contribution in [2.45, 2.75) is 31.8 Å². The summed E-state index contributed by atoms with van der Waals surface area (Å²) in [6.45, 7) is 6.07. The van der Waals surface area contributed by atoms with E-state index in [4.69, 9.17) is 0 Å². The highest BCUT2D eigenvalue weighted by Gasteiger charge is 2.49. The van der Waals surface area contributed by atoms with E-state index >= 15 is 0 Å². The van der Waals surface area contributed by atoms with Gasteiger partial charge in [-0.3, -0.25) is 4.90 Å². The number of rotatable bonds is 2. The molecule has 1 nitrogen and oxygen atoms in total. The van der Waals surface area contributed by atoms with Gasteiger partial charge >= 0.3 is 0 Å². The SMILES string of the molecule is C=CC[C@H]1CC(C)=C[C@H]2[C@@H]1N2C. The molecule has 0 radical (unpaired) electrons. The molecule has 2 rings (SSSR count). The predicted octanol–water partition coefficient (Wildman–Crippen LogP) is 2.21. The van der Waals surface area contributed by atoms with Crippen molar-refractivity contribution in [2.75, 3.05) is 7.05 Å². The van der Waals surface area contributed by atoms with Crippen molar-refractivity contribution in [3.8, 4) is 0 Å². The maximum atomic E-state index is 3.82. The summed E-state index contributed by atoms with van der Waals surface area (Å²) in [5.41, 5.74) is 1.56. The molecule has 0 amide bonds. The van der Waals surface area contributed by atoms with Crippen LogP contribution in [-0.4, -0.2) is 24.0 Å². The quantitative estimate of drug-likeness (QED) is 0.445. The second kappa shape index (κ2) is 2.74. The van der Waals surface area contributed by atoms with E-state index in [1.165, 1.54) is 12.8 Å². The Morgan fingerprint density at radius 3 is 3.17 bits per heavy atom. The number of hydrogen-bond acceptors (Lipinski definition) is 1. The molecule has 1 heteroatoms. The fraction of sp³-hybridized carbons (Fsp3) is 0.636. The third-order valence-corrected chi connectivity index (χ3v) is 3.19. The second-order valence-corrected chi connectivity index (χ2v) is 4.15. The van der Waals surface area contributed by atoms with E-state index in [1.54, 1.807) is 5.57 Å². The van der Waals surface area contributed by atoms with Gasteiger partial charge in [0.15, 0.2) is 0 Å². The lowest BCUT2D eigenvalue weighted by molar-refractivity contribution is 0.444. The van der Waals surface area contributed by atoms with Gasteiger partial charge in [-0.25, -0.2) is 0 Å². The molecule has 1 aliphatic carbocycles. The Balaban J connectivity index is 2.09. The minimum atomic E-state index is 0.753. The highest BCUT2D eigenvalue weighted by molar-refractivity contribution is 5.24. The average molecular weight is 163 g/mol. The summed E-state index contributed by atoms with van der Waals surface area (Å²) < 4.78 is 0. The molecule has 0 aromatic carbocycles. The van der Waals surface area contributed by atoms with Crippen molar-refractivity contribution in [1.29, 1.82) is 0 Å². The maximum absolute atomic E-state index is 3.82. The van der Waals surface area contributed by atoms with E-state index in [0.29, 0.717) is 0 Å². The van der Waals surface area contributed by atoms with Crippen molar-refractivity contribution < 1.29 is 0 Å². The van der Waals surface area contributed by atoms with Gasteiger partial charge in [0, 0.05) is 12.1 Å². The smallest absolute Gasteiger partial charge is 0.0440 e. The normalized spacial score (nSPS) is 44.7. The van der Waals surface area contributed by atoms with Crippen LogP contribution in [0, 0.1) is 5.92 Å². The van der Waals surface area contributed by atoms with Crippen molar-refractivity contribution in [3.63, 3.8) is 0 Å². The van der Waals surface area contributed by atoms with Crippen LogP contribution < -0.4 is 0 Å². The van der Waals surface area contributed by atoms with Crippen LogP contribution in [0.2, 0.25) is 0 Å². The van der Waals surface area contributed by atoms with E-state index in [2.05, 4.69) is 37.6 Å². The van der Waals surface area contributed by atoms with E-state index in [9.17, 15) is 0 Å². The number of likely N-dealkylation sites (N-methyl/N-ethyl adjacent to an activating group) is 1. The first-order valence-corrected chi connectivity index (χ1v) is 4.74. The molecule has 2 aliphatic rings. The predicted molar refractivity (Wildman–Crippen MR) is 52.0 cm³/mol. The highest BCUT2D eigenvalue weighted by atomic mass is 15.3. The zero-order valence-corrected chi connectivity index (χ0v) is 7.96. The third-order valence-electron chi connectivity index (χ3n) is 3.19. The van der Waals surface area contributed by atoms with Crippen LogP contribution in [0.25, 0.3) is 0 Å². The Morgan fingerprint density at radius 2 is 2.50 bits per heavy atom. The van der Waals surface area contributed by atoms with Crippen LogP contribution in [-0.2, 0) is 0 Å². The van der Waals surface area contributed by atoms with Gasteiger partial charge in [0.2, 0.25) is 0 Å². The van der Waals surface area contributed by atoms with Gasteiger partial charge in [-0.15, -0.1) is 6.58 Å². The molecule has 0 spiro atoms. The summed E-state index contributed by atoms with van der Waals surface area (Å²) in [6.07, 6.45) is 6.94. The van der Waals surface area contributed by atoms with Gasteiger partial charge in [0.05, 0.1) is 0 Å². The molecule has 66 valence electrons. The van der Waals surface area contributed by atoms with Gasteiger partial charge in [0.25, 0.3) is 0 Å². The van der Waals surface area contributed by atoms with Crippen molar-refractivity contribution in [1.82, 2.24) is 4.90 Å². The number of allylic oxidation sites excluding steroid dienone is 2. The molecule has 0 saturated carbocycles. The second-order valence-electron chi connectivity index (χ2n) is 4.15. The maximum Gasteiger partial charge on any atom is 0.0440 e. The first-order valence-electron chi connectivity index (χ1n) is 4.74. The molecule has 1 aliphatic heterocycles. The van der Waals surface area contributed by atoms with Crippen LogP contribution in [0.1, 0.15) is 19.8 Å². The average Bonchev–Trinajstić information content (AvgIpc) is 2.62. The lowest BCUT2D eigenvalue weighted by atomic mass is 9.87. The van der Waals surface area contributed by atoms with Gasteiger partial charge < -0.3 is 0 Å². The Bertz CT molecular complexity index is 229. The van der Waals surface area contributed by atoms with Crippen molar-refractivity contribution in [3.05, 3.63) is 24.3 Å². The summed E-state index contributed by atoms with van der Waals surface area (Å²) in [4.78, 5) is 2.46. The standard InChI is InChI=1S/C11H17N/c1-4-5-9-6-8(2)7-10-11(9)12(10)3/h4,7,9-11H,1,5-6H2,2-3H3/t9-,10-,11+,12?/m0/s1. The minimum Gasteiger partial charge on any atom is -0.293 e. The first-order chi connectivity index (χ1) is 5.74. The first kappa shape index (κ1) is 8.06. The molecule has 0 N–H and O–H groups in total. The zero-order valence-electron chi connectivity index (χ0n) is 7.96. The van der Waals surface area contributed by atoms with Crippen LogP contribution in [0.15, 0.2) is 24.3 Å². The summed E-state index contributed by atoms with van der Waals surface area (Å²) >= 11 is 0. The van der Waals surface area contributed by atoms with Crippen LogP contribution in [0.4, 0.5) is 0 Å². The van der Waals surface area contributed by atoms with Crippen LogP contribution in [0.5, 0.6) is 0 Å².